The number of carboxylic acids is 1. The number of nitrogens with one attached hydrogen (secondary N) is 1. The molecule has 1 aliphatic heterocycles. The molecule has 4 rings (SSSR count). The lowest BCUT2D eigenvalue weighted by Gasteiger charge is -2.34. The number of amides is 1. The molecule has 0 bridgehead atoms. The molecule has 1 saturated heterocycles. The molecule has 0 unspecified atom stereocenters. The van der Waals surface area contributed by atoms with Crippen LogP contribution in [-0.2, 0) is 19.6 Å². The molecule has 1 fully saturated rings. The number of carbonyl (C=O) groups excluding carboxylic acids is 1. The molecule has 2 aromatic carbocycles. The van der Waals surface area contributed by atoms with Crippen LogP contribution in [0, 0.1) is 19.3 Å². The quantitative estimate of drug-likeness (QED) is 0.292. The standard InChI is InChI=1S/C33H40N4O5S/c1-5-33(6-2,32(39)40)23-31(38)34-27-9-7-8-26(22-27)13-16-29-25(4)12-17-30(35-29)36-18-20-37(21-19-36)43(41,42)28-14-10-24(3)11-15-28/h7-17,22H,5-6,18-21,23H2,1-4H3,(H,34,38)(H,39,40). The summed E-state index contributed by atoms with van der Waals surface area (Å²) in [6, 6.07) is 18.3. The third-order valence-corrected chi connectivity index (χ3v) is 10.2. The van der Waals surface area contributed by atoms with Crippen LogP contribution in [-0.4, -0.2) is 60.9 Å². The first-order valence-electron chi connectivity index (χ1n) is 14.6. The van der Waals surface area contributed by atoms with Gasteiger partial charge in [0, 0.05) is 38.3 Å². The third-order valence-electron chi connectivity index (χ3n) is 8.25. The molecule has 228 valence electrons. The van der Waals surface area contributed by atoms with Crippen molar-refractivity contribution in [3.05, 3.63) is 83.0 Å². The number of rotatable bonds is 11. The summed E-state index contributed by atoms with van der Waals surface area (Å²) in [7, 11) is -3.54. The van der Waals surface area contributed by atoms with Crippen LogP contribution in [0.1, 0.15) is 55.5 Å². The Labute approximate surface area is 254 Å². The van der Waals surface area contributed by atoms with Crippen LogP contribution in [0.3, 0.4) is 0 Å². The number of piperazine rings is 1. The Balaban J connectivity index is 1.41. The van der Waals surface area contributed by atoms with Gasteiger partial charge in [-0.05, 0) is 74.2 Å². The molecule has 1 amide bonds. The van der Waals surface area contributed by atoms with E-state index in [9.17, 15) is 23.1 Å². The number of carboxylic acid groups (broad SMARTS) is 1. The molecule has 0 atom stereocenters. The molecule has 2 N–H and O–H groups in total. The Kier molecular flexibility index (Phi) is 10.0. The molecule has 10 heteroatoms. The number of sulfonamides is 1. The van der Waals surface area contributed by atoms with E-state index >= 15 is 0 Å². The lowest BCUT2D eigenvalue weighted by molar-refractivity contribution is -0.151. The highest BCUT2D eigenvalue weighted by Gasteiger charge is 2.37. The Morgan fingerprint density at radius 1 is 0.953 bits per heavy atom. The van der Waals surface area contributed by atoms with Crippen molar-refractivity contribution in [3.63, 3.8) is 0 Å². The number of hydrogen-bond donors (Lipinski definition) is 2. The summed E-state index contributed by atoms with van der Waals surface area (Å²) in [5.41, 5.74) is 3.18. The van der Waals surface area contributed by atoms with Gasteiger partial charge in [-0.1, -0.05) is 55.8 Å². The average molecular weight is 605 g/mol. The Morgan fingerprint density at radius 2 is 1.63 bits per heavy atom. The fourth-order valence-corrected chi connectivity index (χ4v) is 6.60. The van der Waals surface area contributed by atoms with E-state index in [0.717, 1.165) is 28.2 Å². The van der Waals surface area contributed by atoms with Crippen LogP contribution in [0.5, 0.6) is 0 Å². The molecule has 43 heavy (non-hydrogen) atoms. The number of pyridine rings is 1. The van der Waals surface area contributed by atoms with Crippen LogP contribution in [0.25, 0.3) is 12.2 Å². The van der Waals surface area contributed by atoms with E-state index in [2.05, 4.69) is 10.2 Å². The van der Waals surface area contributed by atoms with Crippen LogP contribution < -0.4 is 10.2 Å². The summed E-state index contributed by atoms with van der Waals surface area (Å²) in [4.78, 5) is 31.7. The second-order valence-electron chi connectivity index (χ2n) is 11.1. The molecule has 0 saturated carbocycles. The van der Waals surface area contributed by atoms with Crippen LogP contribution in [0.15, 0.2) is 65.6 Å². The van der Waals surface area contributed by atoms with Crippen molar-refractivity contribution in [2.45, 2.75) is 51.9 Å². The first-order chi connectivity index (χ1) is 20.5. The molecule has 0 aliphatic carbocycles. The van der Waals surface area contributed by atoms with E-state index in [1.54, 1.807) is 32.0 Å². The first-order valence-corrected chi connectivity index (χ1v) is 16.0. The zero-order valence-corrected chi connectivity index (χ0v) is 26.0. The molecular weight excluding hydrogens is 564 g/mol. The summed E-state index contributed by atoms with van der Waals surface area (Å²) < 4.78 is 27.7. The Hall–Kier alpha value is -4.02. The monoisotopic (exact) mass is 604 g/mol. The molecule has 2 heterocycles. The maximum Gasteiger partial charge on any atom is 0.310 e. The number of aromatic nitrogens is 1. The first kappa shape index (κ1) is 31.9. The van der Waals surface area contributed by atoms with E-state index in [1.807, 2.05) is 68.5 Å². The predicted octanol–water partition coefficient (Wildman–Crippen LogP) is 5.60. The zero-order valence-electron chi connectivity index (χ0n) is 25.2. The minimum absolute atomic E-state index is 0.0859. The minimum atomic E-state index is -3.54. The lowest BCUT2D eigenvalue weighted by Crippen LogP contribution is -2.48. The fraction of sp³-hybridized carbons (Fsp3) is 0.364. The number of aliphatic carboxylic acids is 1. The van der Waals surface area contributed by atoms with Crippen molar-refractivity contribution < 1.29 is 23.1 Å². The van der Waals surface area contributed by atoms with Gasteiger partial charge in [0.05, 0.1) is 16.0 Å². The molecule has 1 aliphatic rings. The number of hydrogen-bond acceptors (Lipinski definition) is 6. The number of carbonyl (C=O) groups is 2. The summed E-state index contributed by atoms with van der Waals surface area (Å²) in [6.07, 6.45) is 4.50. The van der Waals surface area contributed by atoms with Gasteiger partial charge in [-0.3, -0.25) is 9.59 Å². The average Bonchev–Trinajstić information content (AvgIpc) is 3.00. The van der Waals surface area contributed by atoms with Gasteiger partial charge in [-0.15, -0.1) is 0 Å². The van der Waals surface area contributed by atoms with E-state index in [0.29, 0.717) is 49.6 Å². The molecule has 0 radical (unpaired) electrons. The highest BCUT2D eigenvalue weighted by atomic mass is 32.2. The van der Waals surface area contributed by atoms with Gasteiger partial charge in [0.25, 0.3) is 0 Å². The van der Waals surface area contributed by atoms with Gasteiger partial charge in [-0.2, -0.15) is 4.31 Å². The summed E-state index contributed by atoms with van der Waals surface area (Å²) >= 11 is 0. The van der Waals surface area contributed by atoms with Gasteiger partial charge in [0.1, 0.15) is 5.82 Å². The topological polar surface area (TPSA) is 120 Å². The highest BCUT2D eigenvalue weighted by molar-refractivity contribution is 7.89. The summed E-state index contributed by atoms with van der Waals surface area (Å²) in [5.74, 6) is -0.500. The normalized spacial score (nSPS) is 14.7. The van der Waals surface area contributed by atoms with Crippen LogP contribution in [0.4, 0.5) is 11.5 Å². The Morgan fingerprint density at radius 3 is 2.26 bits per heavy atom. The van der Waals surface area contributed by atoms with Crippen molar-refractivity contribution in [2.24, 2.45) is 5.41 Å². The Bertz CT molecular complexity index is 1590. The largest absolute Gasteiger partial charge is 0.481 e. The van der Waals surface area contributed by atoms with Gasteiger partial charge in [0.15, 0.2) is 0 Å². The van der Waals surface area contributed by atoms with Gasteiger partial charge in [-0.25, -0.2) is 13.4 Å². The maximum absolute atomic E-state index is 13.1. The van der Waals surface area contributed by atoms with E-state index in [4.69, 9.17) is 4.98 Å². The van der Waals surface area contributed by atoms with Crippen LogP contribution in [0.2, 0.25) is 0 Å². The van der Waals surface area contributed by atoms with Gasteiger partial charge < -0.3 is 15.3 Å². The smallest absolute Gasteiger partial charge is 0.310 e. The van der Waals surface area contributed by atoms with E-state index in [1.165, 1.54) is 4.31 Å². The summed E-state index contributed by atoms with van der Waals surface area (Å²) in [5, 5.41) is 12.5. The van der Waals surface area contributed by atoms with Gasteiger partial charge in [0.2, 0.25) is 15.9 Å². The molecule has 3 aromatic rings. The predicted molar refractivity (Wildman–Crippen MR) is 170 cm³/mol. The third kappa shape index (κ3) is 7.50. The van der Waals surface area contributed by atoms with E-state index < -0.39 is 21.4 Å². The van der Waals surface area contributed by atoms with Crippen molar-refractivity contribution in [1.29, 1.82) is 0 Å². The lowest BCUT2D eigenvalue weighted by atomic mass is 9.79. The number of nitrogens with zero attached hydrogens (tertiary/aromatic N) is 3. The molecule has 0 spiro atoms. The number of aryl methyl sites for hydroxylation is 2. The maximum atomic E-state index is 13.1. The van der Waals surface area contributed by atoms with Crippen molar-refractivity contribution in [2.75, 3.05) is 36.4 Å². The summed E-state index contributed by atoms with van der Waals surface area (Å²) in [6.45, 7) is 9.31. The van der Waals surface area contributed by atoms with Crippen molar-refractivity contribution >= 4 is 45.6 Å². The van der Waals surface area contributed by atoms with Gasteiger partial charge >= 0.3 is 5.97 Å². The fourth-order valence-electron chi connectivity index (χ4n) is 5.18. The number of benzene rings is 2. The highest BCUT2D eigenvalue weighted by Crippen LogP contribution is 2.31. The van der Waals surface area contributed by atoms with Crippen molar-refractivity contribution in [3.8, 4) is 0 Å². The zero-order chi connectivity index (χ0) is 31.2. The SMILES string of the molecule is CCC(CC)(CC(=O)Nc1cccc(C=Cc2nc(N3CCN(S(=O)(=O)c4ccc(C)cc4)CC3)ccc2C)c1)C(=O)O. The number of anilines is 2. The molecular formula is C33H40N4O5S. The minimum Gasteiger partial charge on any atom is -0.481 e. The molecule has 1 aromatic heterocycles. The second kappa shape index (κ2) is 13.5. The second-order valence-corrected chi connectivity index (χ2v) is 13.0. The van der Waals surface area contributed by atoms with E-state index in [-0.39, 0.29) is 12.3 Å². The van der Waals surface area contributed by atoms with Crippen molar-refractivity contribution in [1.82, 2.24) is 9.29 Å². The van der Waals surface area contributed by atoms with Crippen LogP contribution >= 0.6 is 0 Å². The molecule has 9 nitrogen and oxygen atoms in total.